The van der Waals surface area contributed by atoms with E-state index in [1.807, 2.05) is 0 Å². The molecular formula is C14H18N2O5. The lowest BCUT2D eigenvalue weighted by Gasteiger charge is -2.20. The van der Waals surface area contributed by atoms with E-state index in [0.29, 0.717) is 5.56 Å². The Bertz CT molecular complexity index is 503. The second kappa shape index (κ2) is 8.01. The van der Waals surface area contributed by atoms with Gasteiger partial charge in [-0.3, -0.25) is 14.4 Å². The lowest BCUT2D eigenvalue weighted by Crippen LogP contribution is -2.46. The molecule has 0 saturated heterocycles. The van der Waals surface area contributed by atoms with Crippen LogP contribution in [0.4, 0.5) is 0 Å². The number of rotatable bonds is 8. The van der Waals surface area contributed by atoms with Gasteiger partial charge in [-0.25, -0.2) is 0 Å². The van der Waals surface area contributed by atoms with Gasteiger partial charge in [0.15, 0.2) is 6.10 Å². The summed E-state index contributed by atoms with van der Waals surface area (Å²) in [6.07, 6.45) is -1.23. The van der Waals surface area contributed by atoms with E-state index in [1.54, 1.807) is 30.3 Å². The molecule has 0 aliphatic rings. The predicted octanol–water partition coefficient (Wildman–Crippen LogP) is 0.209. The Morgan fingerprint density at radius 2 is 1.90 bits per heavy atom. The number of methoxy groups -OCH3 is 1. The maximum Gasteiger partial charge on any atom is 0.303 e. The summed E-state index contributed by atoms with van der Waals surface area (Å²) in [4.78, 5) is 33.9. The molecule has 114 valence electrons. The van der Waals surface area contributed by atoms with E-state index in [-0.39, 0.29) is 12.8 Å². The highest BCUT2D eigenvalue weighted by Gasteiger charge is 2.25. The van der Waals surface area contributed by atoms with Crippen LogP contribution in [0.15, 0.2) is 30.3 Å². The highest BCUT2D eigenvalue weighted by atomic mass is 16.5. The van der Waals surface area contributed by atoms with Crippen LogP contribution < -0.4 is 11.1 Å². The number of benzene rings is 1. The van der Waals surface area contributed by atoms with Crippen molar-refractivity contribution in [2.45, 2.75) is 25.0 Å². The first kappa shape index (κ1) is 16.6. The van der Waals surface area contributed by atoms with Gasteiger partial charge >= 0.3 is 5.97 Å². The molecule has 0 bridgehead atoms. The van der Waals surface area contributed by atoms with Gasteiger partial charge in [0.2, 0.25) is 5.91 Å². The van der Waals surface area contributed by atoms with Crippen molar-refractivity contribution in [1.29, 1.82) is 0 Å². The molecule has 0 spiro atoms. The molecule has 7 heteroatoms. The molecule has 4 N–H and O–H groups in total. The SMILES string of the molecule is CO[C@H](C(=O)N[C@@H](CCC(=O)O)C(N)=O)c1ccccc1. The van der Waals surface area contributed by atoms with Crippen LogP contribution in [-0.4, -0.2) is 36.0 Å². The number of amides is 2. The number of carboxylic acid groups (broad SMARTS) is 1. The second-order valence-corrected chi connectivity index (χ2v) is 4.42. The van der Waals surface area contributed by atoms with Crippen molar-refractivity contribution in [2.75, 3.05) is 7.11 Å². The summed E-state index contributed by atoms with van der Waals surface area (Å²) in [5.41, 5.74) is 5.79. The molecule has 2 atom stereocenters. The highest BCUT2D eigenvalue weighted by Crippen LogP contribution is 2.16. The minimum absolute atomic E-state index is 0.0678. The smallest absolute Gasteiger partial charge is 0.303 e. The summed E-state index contributed by atoms with van der Waals surface area (Å²) in [6.45, 7) is 0. The van der Waals surface area contributed by atoms with Gasteiger partial charge < -0.3 is 20.9 Å². The zero-order valence-electron chi connectivity index (χ0n) is 11.6. The molecule has 2 amide bonds. The number of primary amides is 1. The van der Waals surface area contributed by atoms with E-state index in [1.165, 1.54) is 7.11 Å². The van der Waals surface area contributed by atoms with Crippen LogP contribution in [0.25, 0.3) is 0 Å². The zero-order chi connectivity index (χ0) is 15.8. The van der Waals surface area contributed by atoms with Crippen molar-refractivity contribution in [3.63, 3.8) is 0 Å². The number of hydrogen-bond acceptors (Lipinski definition) is 4. The zero-order valence-corrected chi connectivity index (χ0v) is 11.6. The Morgan fingerprint density at radius 3 is 2.38 bits per heavy atom. The Balaban J connectivity index is 2.75. The number of ether oxygens (including phenoxy) is 1. The summed E-state index contributed by atoms with van der Waals surface area (Å²) in [6, 6.07) is 7.69. The fraction of sp³-hybridized carbons (Fsp3) is 0.357. The van der Waals surface area contributed by atoms with E-state index in [9.17, 15) is 14.4 Å². The van der Waals surface area contributed by atoms with Crippen molar-refractivity contribution >= 4 is 17.8 Å². The van der Waals surface area contributed by atoms with Gasteiger partial charge in [0.25, 0.3) is 5.91 Å². The average molecular weight is 294 g/mol. The first-order chi connectivity index (χ1) is 9.95. The molecule has 0 aliphatic heterocycles. The van der Waals surface area contributed by atoms with Crippen molar-refractivity contribution in [1.82, 2.24) is 5.32 Å². The van der Waals surface area contributed by atoms with Crippen LogP contribution >= 0.6 is 0 Å². The van der Waals surface area contributed by atoms with Gasteiger partial charge in [0.05, 0.1) is 0 Å². The monoisotopic (exact) mass is 294 g/mol. The fourth-order valence-corrected chi connectivity index (χ4v) is 1.82. The minimum atomic E-state index is -1.07. The predicted molar refractivity (Wildman–Crippen MR) is 74.2 cm³/mol. The van der Waals surface area contributed by atoms with Gasteiger partial charge in [-0.15, -0.1) is 0 Å². The minimum Gasteiger partial charge on any atom is -0.481 e. The molecule has 1 aromatic rings. The van der Waals surface area contributed by atoms with Gasteiger partial charge in [0, 0.05) is 13.5 Å². The summed E-state index contributed by atoms with van der Waals surface area (Å²) in [5.74, 6) is -2.40. The van der Waals surface area contributed by atoms with Crippen LogP contribution in [0, 0.1) is 0 Å². The summed E-state index contributed by atoms with van der Waals surface area (Å²) in [5, 5.41) is 11.0. The van der Waals surface area contributed by atoms with Gasteiger partial charge in [0.1, 0.15) is 6.04 Å². The molecule has 1 aromatic carbocycles. The number of nitrogens with two attached hydrogens (primary N) is 1. The van der Waals surface area contributed by atoms with Crippen LogP contribution in [0.2, 0.25) is 0 Å². The molecule has 0 heterocycles. The summed E-state index contributed by atoms with van der Waals surface area (Å²) in [7, 11) is 1.37. The molecular weight excluding hydrogens is 276 g/mol. The number of carbonyl (C=O) groups excluding carboxylic acids is 2. The maximum atomic E-state index is 12.1. The quantitative estimate of drug-likeness (QED) is 0.633. The first-order valence-electron chi connectivity index (χ1n) is 6.35. The van der Waals surface area contributed by atoms with E-state index < -0.39 is 29.9 Å². The lowest BCUT2D eigenvalue weighted by atomic mass is 10.1. The Hall–Kier alpha value is -2.41. The number of carboxylic acids is 1. The van der Waals surface area contributed by atoms with E-state index >= 15 is 0 Å². The van der Waals surface area contributed by atoms with Crippen LogP contribution in [0.5, 0.6) is 0 Å². The van der Waals surface area contributed by atoms with Gasteiger partial charge in [-0.2, -0.15) is 0 Å². The van der Waals surface area contributed by atoms with E-state index in [0.717, 1.165) is 0 Å². The number of carbonyl (C=O) groups is 3. The molecule has 21 heavy (non-hydrogen) atoms. The van der Waals surface area contributed by atoms with Crippen molar-refractivity contribution in [3.05, 3.63) is 35.9 Å². The molecule has 7 nitrogen and oxygen atoms in total. The first-order valence-corrected chi connectivity index (χ1v) is 6.35. The molecule has 1 rings (SSSR count). The van der Waals surface area contributed by atoms with E-state index in [2.05, 4.69) is 5.32 Å². The Labute approximate surface area is 122 Å². The lowest BCUT2D eigenvalue weighted by molar-refractivity contribution is -0.139. The van der Waals surface area contributed by atoms with Crippen molar-refractivity contribution in [2.24, 2.45) is 5.73 Å². The average Bonchev–Trinajstić information content (AvgIpc) is 2.44. The third-order valence-electron chi connectivity index (χ3n) is 2.88. The summed E-state index contributed by atoms with van der Waals surface area (Å²) >= 11 is 0. The third kappa shape index (κ3) is 5.23. The maximum absolute atomic E-state index is 12.1. The van der Waals surface area contributed by atoms with Gasteiger partial charge in [-0.05, 0) is 12.0 Å². The van der Waals surface area contributed by atoms with Crippen LogP contribution in [0.1, 0.15) is 24.5 Å². The van der Waals surface area contributed by atoms with Gasteiger partial charge in [-0.1, -0.05) is 30.3 Å². The highest BCUT2D eigenvalue weighted by molar-refractivity contribution is 5.89. The topological polar surface area (TPSA) is 119 Å². The largest absolute Gasteiger partial charge is 0.481 e. The number of aliphatic carboxylic acids is 1. The molecule has 0 aromatic heterocycles. The molecule has 0 fully saturated rings. The number of hydrogen-bond donors (Lipinski definition) is 3. The normalized spacial score (nSPS) is 13.2. The second-order valence-electron chi connectivity index (χ2n) is 4.42. The summed E-state index contributed by atoms with van der Waals surface area (Å²) < 4.78 is 5.12. The van der Waals surface area contributed by atoms with E-state index in [4.69, 9.17) is 15.6 Å². The molecule has 0 aliphatic carbocycles. The molecule has 0 radical (unpaired) electrons. The van der Waals surface area contributed by atoms with Crippen molar-refractivity contribution in [3.8, 4) is 0 Å². The Morgan fingerprint density at radius 1 is 1.29 bits per heavy atom. The Kier molecular flexibility index (Phi) is 6.35. The van der Waals surface area contributed by atoms with Crippen LogP contribution in [-0.2, 0) is 19.1 Å². The number of nitrogens with one attached hydrogen (secondary N) is 1. The standard InChI is InChI=1S/C14H18N2O5/c1-21-12(9-5-3-2-4-6-9)14(20)16-10(13(15)19)7-8-11(17)18/h2-6,10,12H,7-8H2,1H3,(H2,15,19)(H,16,20)(H,17,18)/t10-,12-/m0/s1. The molecule has 0 saturated carbocycles. The third-order valence-corrected chi connectivity index (χ3v) is 2.88. The van der Waals surface area contributed by atoms with Crippen LogP contribution in [0.3, 0.4) is 0 Å². The molecule has 0 unspecified atom stereocenters. The fourth-order valence-electron chi connectivity index (χ4n) is 1.82. The van der Waals surface area contributed by atoms with Crippen molar-refractivity contribution < 1.29 is 24.2 Å².